The van der Waals surface area contributed by atoms with Crippen molar-refractivity contribution in [3.05, 3.63) is 113 Å². The molecule has 0 aliphatic carbocycles. The molecule has 0 spiro atoms. The Hall–Kier alpha value is -4.20. The van der Waals surface area contributed by atoms with Crippen LogP contribution in [-0.4, -0.2) is 16.0 Å². The molecule has 6 nitrogen and oxygen atoms in total. The van der Waals surface area contributed by atoms with Crippen molar-refractivity contribution in [2.24, 2.45) is 0 Å². The van der Waals surface area contributed by atoms with Crippen molar-refractivity contribution in [3.8, 4) is 17.2 Å². The number of nitrogens with zero attached hydrogens (tertiary/aromatic N) is 1. The van der Waals surface area contributed by atoms with Crippen LogP contribution in [0.15, 0.2) is 95.4 Å². The number of nitrogens with one attached hydrogen (secondary N) is 2. The number of thiocarbonyl (C=S) groups is 1. The van der Waals surface area contributed by atoms with E-state index in [-0.39, 0.29) is 11.0 Å². The average molecular weight is 528 g/mol. The largest absolute Gasteiger partial charge is 0.489 e. The van der Waals surface area contributed by atoms with Gasteiger partial charge in [-0.25, -0.2) is 4.98 Å². The first-order chi connectivity index (χ1) is 17.9. The van der Waals surface area contributed by atoms with Gasteiger partial charge in [0.2, 0.25) is 5.89 Å². The van der Waals surface area contributed by atoms with Crippen molar-refractivity contribution >= 4 is 51.6 Å². The molecule has 5 aromatic rings. The quantitative estimate of drug-likeness (QED) is 0.228. The number of hydrogen-bond acceptors (Lipinski definition) is 5. The smallest absolute Gasteiger partial charge is 0.257 e. The number of ether oxygens (including phenoxy) is 1. The van der Waals surface area contributed by atoms with Gasteiger partial charge in [-0.3, -0.25) is 10.1 Å². The highest BCUT2D eigenvalue weighted by Crippen LogP contribution is 2.32. The van der Waals surface area contributed by atoms with E-state index in [0.29, 0.717) is 45.7 Å². The highest BCUT2D eigenvalue weighted by molar-refractivity contribution is 7.80. The Morgan fingerprint density at radius 3 is 2.68 bits per heavy atom. The van der Waals surface area contributed by atoms with Gasteiger partial charge in [-0.2, -0.15) is 0 Å². The lowest BCUT2D eigenvalue weighted by atomic mass is 10.2. The number of carbonyl (C=O) groups is 1. The molecule has 0 saturated heterocycles. The number of fused-ring (bicyclic) bond motifs is 1. The molecule has 8 heteroatoms. The molecule has 0 bridgehead atoms. The van der Waals surface area contributed by atoms with Gasteiger partial charge in [-0.1, -0.05) is 54.1 Å². The lowest BCUT2D eigenvalue weighted by Gasteiger charge is -2.12. The van der Waals surface area contributed by atoms with Gasteiger partial charge in [-0.15, -0.1) is 0 Å². The van der Waals surface area contributed by atoms with Crippen LogP contribution in [0.4, 0.5) is 5.69 Å². The normalized spacial score (nSPS) is 10.8. The number of aromatic nitrogens is 1. The number of benzene rings is 4. The molecule has 0 fully saturated rings. The molecule has 37 heavy (non-hydrogen) atoms. The van der Waals surface area contributed by atoms with Crippen molar-refractivity contribution in [2.45, 2.75) is 13.5 Å². The number of amides is 1. The van der Waals surface area contributed by atoms with Crippen LogP contribution in [-0.2, 0) is 6.61 Å². The summed E-state index contributed by atoms with van der Waals surface area (Å²) in [6.07, 6.45) is 0. The van der Waals surface area contributed by atoms with Gasteiger partial charge < -0.3 is 14.5 Å². The predicted molar refractivity (Wildman–Crippen MR) is 150 cm³/mol. The first kappa shape index (κ1) is 24.5. The molecule has 0 aliphatic rings. The zero-order chi connectivity index (χ0) is 25.8. The Balaban J connectivity index is 1.25. The van der Waals surface area contributed by atoms with Crippen LogP contribution in [0.1, 0.15) is 21.5 Å². The van der Waals surface area contributed by atoms with E-state index in [4.69, 9.17) is 33.0 Å². The molecule has 1 heterocycles. The maximum absolute atomic E-state index is 12.8. The van der Waals surface area contributed by atoms with E-state index in [2.05, 4.69) is 15.6 Å². The highest BCUT2D eigenvalue weighted by Gasteiger charge is 2.14. The molecule has 1 aromatic heterocycles. The van der Waals surface area contributed by atoms with Crippen molar-refractivity contribution in [1.29, 1.82) is 0 Å². The van der Waals surface area contributed by atoms with Gasteiger partial charge in [0, 0.05) is 11.3 Å². The number of oxazole rings is 1. The van der Waals surface area contributed by atoms with Crippen LogP contribution >= 0.6 is 23.8 Å². The van der Waals surface area contributed by atoms with E-state index in [1.54, 1.807) is 42.5 Å². The first-order valence-electron chi connectivity index (χ1n) is 11.5. The summed E-state index contributed by atoms with van der Waals surface area (Å²) in [6, 6.07) is 27.8. The summed E-state index contributed by atoms with van der Waals surface area (Å²) in [5.74, 6) is 0.633. The zero-order valence-corrected chi connectivity index (χ0v) is 21.4. The van der Waals surface area contributed by atoms with Crippen LogP contribution in [0.5, 0.6) is 5.75 Å². The van der Waals surface area contributed by atoms with Crippen LogP contribution in [0.3, 0.4) is 0 Å². The van der Waals surface area contributed by atoms with Gasteiger partial charge in [0.05, 0.1) is 10.6 Å². The third-order valence-corrected chi connectivity index (χ3v) is 6.10. The Labute approximate surface area is 224 Å². The Bertz CT molecular complexity index is 1600. The van der Waals surface area contributed by atoms with Gasteiger partial charge >= 0.3 is 0 Å². The number of carbonyl (C=O) groups excluding carboxylic acids is 1. The standard InChI is InChI=1S/C29H22ClN3O3S/c1-18-10-13-25-26(14-18)36-28(32-25)23-16-21(11-12-24(23)30)31-29(37)33-27(34)20-8-5-9-22(15-20)35-17-19-6-3-2-4-7-19/h2-16H,17H2,1H3,(H2,31,33,34,37). The minimum atomic E-state index is -0.355. The van der Waals surface area contributed by atoms with E-state index >= 15 is 0 Å². The van der Waals surface area contributed by atoms with Gasteiger partial charge in [-0.05, 0) is 78.8 Å². The van der Waals surface area contributed by atoms with E-state index in [1.807, 2.05) is 55.5 Å². The number of anilines is 1. The fraction of sp³-hybridized carbons (Fsp3) is 0.0690. The third kappa shape index (κ3) is 5.97. The molecule has 0 aliphatic heterocycles. The zero-order valence-electron chi connectivity index (χ0n) is 19.8. The first-order valence-corrected chi connectivity index (χ1v) is 12.3. The fourth-order valence-electron chi connectivity index (χ4n) is 3.72. The summed E-state index contributed by atoms with van der Waals surface area (Å²) in [7, 11) is 0. The molecular weight excluding hydrogens is 506 g/mol. The number of rotatable bonds is 6. The van der Waals surface area contributed by atoms with Gasteiger partial charge in [0.1, 0.15) is 17.9 Å². The maximum Gasteiger partial charge on any atom is 0.257 e. The Kier molecular flexibility index (Phi) is 7.16. The average Bonchev–Trinajstić information content (AvgIpc) is 3.32. The van der Waals surface area contributed by atoms with Gasteiger partial charge in [0.15, 0.2) is 10.7 Å². The predicted octanol–water partition coefficient (Wildman–Crippen LogP) is 7.16. The molecule has 0 atom stereocenters. The second-order valence-electron chi connectivity index (χ2n) is 8.40. The van der Waals surface area contributed by atoms with Crippen LogP contribution in [0.25, 0.3) is 22.6 Å². The summed E-state index contributed by atoms with van der Waals surface area (Å²) in [5.41, 5.74) is 5.20. The molecule has 1 amide bonds. The Morgan fingerprint density at radius 2 is 1.84 bits per heavy atom. The van der Waals surface area contributed by atoms with Crippen molar-refractivity contribution < 1.29 is 13.9 Å². The fourth-order valence-corrected chi connectivity index (χ4v) is 4.13. The molecule has 0 saturated carbocycles. The van der Waals surface area contributed by atoms with Crippen LogP contribution in [0.2, 0.25) is 5.02 Å². The molecule has 4 aromatic carbocycles. The topological polar surface area (TPSA) is 76.4 Å². The van der Waals surface area contributed by atoms with Crippen molar-refractivity contribution in [2.75, 3.05) is 5.32 Å². The number of hydrogen-bond donors (Lipinski definition) is 2. The molecule has 0 radical (unpaired) electrons. The van der Waals surface area contributed by atoms with Crippen LogP contribution < -0.4 is 15.4 Å². The molecule has 0 unspecified atom stereocenters. The monoisotopic (exact) mass is 527 g/mol. The lowest BCUT2D eigenvalue weighted by molar-refractivity contribution is 0.0977. The molecule has 2 N–H and O–H groups in total. The summed E-state index contributed by atoms with van der Waals surface area (Å²) >= 11 is 11.8. The molecular formula is C29H22ClN3O3S. The molecule has 5 rings (SSSR count). The summed E-state index contributed by atoms with van der Waals surface area (Å²) in [4.78, 5) is 17.3. The second kappa shape index (κ2) is 10.8. The summed E-state index contributed by atoms with van der Waals surface area (Å²) in [6.45, 7) is 2.40. The highest BCUT2D eigenvalue weighted by atomic mass is 35.5. The van der Waals surface area contributed by atoms with Gasteiger partial charge in [0.25, 0.3) is 5.91 Å². The SMILES string of the molecule is Cc1ccc2nc(-c3cc(NC(=S)NC(=O)c4cccc(OCc5ccccc5)c4)ccc3Cl)oc2c1. The number of aryl methyl sites for hydroxylation is 1. The third-order valence-electron chi connectivity index (χ3n) is 5.57. The minimum absolute atomic E-state index is 0.141. The summed E-state index contributed by atoms with van der Waals surface area (Å²) < 4.78 is 11.7. The lowest BCUT2D eigenvalue weighted by Crippen LogP contribution is -2.34. The van der Waals surface area contributed by atoms with Crippen molar-refractivity contribution in [3.63, 3.8) is 0 Å². The molecule has 184 valence electrons. The van der Waals surface area contributed by atoms with Crippen LogP contribution in [0, 0.1) is 6.92 Å². The second-order valence-corrected chi connectivity index (χ2v) is 9.21. The Morgan fingerprint density at radius 1 is 1.00 bits per heavy atom. The van der Waals surface area contributed by atoms with E-state index < -0.39 is 0 Å². The van der Waals surface area contributed by atoms with E-state index in [1.165, 1.54) is 0 Å². The minimum Gasteiger partial charge on any atom is -0.489 e. The summed E-state index contributed by atoms with van der Waals surface area (Å²) in [5, 5.41) is 6.35. The van der Waals surface area contributed by atoms with Crippen molar-refractivity contribution in [1.82, 2.24) is 10.3 Å². The number of halogens is 1. The maximum atomic E-state index is 12.8. The van der Waals surface area contributed by atoms with E-state index in [9.17, 15) is 4.79 Å². The van der Waals surface area contributed by atoms with E-state index in [0.717, 1.165) is 16.6 Å².